The van der Waals surface area contributed by atoms with Gasteiger partial charge in [0.1, 0.15) is 5.54 Å². The Labute approximate surface area is 110 Å². The third kappa shape index (κ3) is 2.41. The highest BCUT2D eigenvalue weighted by Crippen LogP contribution is 2.39. The average Bonchev–Trinajstić information content (AvgIpc) is 3.15. The lowest BCUT2D eigenvalue weighted by molar-refractivity contribution is -0.148. The molecule has 0 radical (unpaired) electrons. The van der Waals surface area contributed by atoms with Crippen LogP contribution in [0.5, 0.6) is 0 Å². The molecule has 2 fully saturated rings. The standard InChI is InChI=1S/C14H26N2O2/c1-10(11-5-6-11)16(3)12-7-8-14(9-12,15-2)13(17)18-4/h10-12,15H,5-9H2,1-4H3. The summed E-state index contributed by atoms with van der Waals surface area (Å²) in [5, 5.41) is 3.20. The summed E-state index contributed by atoms with van der Waals surface area (Å²) in [4.78, 5) is 14.4. The fourth-order valence-corrected chi connectivity index (χ4v) is 3.32. The van der Waals surface area contributed by atoms with Crippen molar-refractivity contribution in [1.82, 2.24) is 10.2 Å². The van der Waals surface area contributed by atoms with Gasteiger partial charge in [0, 0.05) is 12.1 Å². The molecule has 0 aliphatic heterocycles. The molecule has 2 saturated carbocycles. The van der Waals surface area contributed by atoms with Crippen LogP contribution in [0.25, 0.3) is 0 Å². The van der Waals surface area contributed by atoms with Gasteiger partial charge in [-0.25, -0.2) is 0 Å². The van der Waals surface area contributed by atoms with Gasteiger partial charge < -0.3 is 15.0 Å². The van der Waals surface area contributed by atoms with Gasteiger partial charge in [0.2, 0.25) is 0 Å². The second kappa shape index (κ2) is 5.17. The van der Waals surface area contributed by atoms with Crippen molar-refractivity contribution in [3.8, 4) is 0 Å². The summed E-state index contributed by atoms with van der Waals surface area (Å²) in [5.74, 6) is 0.762. The number of esters is 1. The predicted molar refractivity (Wildman–Crippen MR) is 71.4 cm³/mol. The summed E-state index contributed by atoms with van der Waals surface area (Å²) < 4.78 is 4.96. The lowest BCUT2D eigenvalue weighted by atomic mass is 9.97. The quantitative estimate of drug-likeness (QED) is 0.753. The highest BCUT2D eigenvalue weighted by Gasteiger charge is 2.47. The van der Waals surface area contributed by atoms with Crippen LogP contribution in [0.1, 0.15) is 39.0 Å². The first-order chi connectivity index (χ1) is 8.54. The average molecular weight is 254 g/mol. The Morgan fingerprint density at radius 1 is 1.44 bits per heavy atom. The first-order valence-corrected chi connectivity index (χ1v) is 7.03. The third-order valence-corrected chi connectivity index (χ3v) is 5.07. The molecule has 0 amide bonds. The van der Waals surface area contributed by atoms with Crippen molar-refractivity contribution in [2.45, 2.75) is 56.7 Å². The van der Waals surface area contributed by atoms with Crippen molar-refractivity contribution in [2.24, 2.45) is 5.92 Å². The molecule has 0 spiro atoms. The van der Waals surface area contributed by atoms with Gasteiger partial charge in [-0.05, 0) is 59.0 Å². The van der Waals surface area contributed by atoms with Crippen molar-refractivity contribution >= 4 is 5.97 Å². The van der Waals surface area contributed by atoms with Gasteiger partial charge >= 0.3 is 5.97 Å². The lowest BCUT2D eigenvalue weighted by Crippen LogP contribution is -2.50. The lowest BCUT2D eigenvalue weighted by Gasteiger charge is -2.32. The van der Waals surface area contributed by atoms with Gasteiger partial charge in [0.05, 0.1) is 7.11 Å². The normalized spacial score (nSPS) is 33.7. The van der Waals surface area contributed by atoms with E-state index >= 15 is 0 Å². The molecule has 0 bridgehead atoms. The maximum Gasteiger partial charge on any atom is 0.326 e. The Morgan fingerprint density at radius 2 is 2.11 bits per heavy atom. The molecule has 3 unspecified atom stereocenters. The predicted octanol–water partition coefficient (Wildman–Crippen LogP) is 1.40. The van der Waals surface area contributed by atoms with E-state index in [9.17, 15) is 4.79 Å². The molecule has 18 heavy (non-hydrogen) atoms. The molecule has 2 rings (SSSR count). The van der Waals surface area contributed by atoms with E-state index in [1.807, 2.05) is 7.05 Å². The molecular formula is C14H26N2O2. The summed E-state index contributed by atoms with van der Waals surface area (Å²) in [5.41, 5.74) is -0.461. The largest absolute Gasteiger partial charge is 0.468 e. The first-order valence-electron chi connectivity index (χ1n) is 7.03. The Balaban J connectivity index is 1.99. The number of ether oxygens (including phenoxy) is 1. The number of carbonyl (C=O) groups is 1. The fourth-order valence-electron chi connectivity index (χ4n) is 3.32. The Hall–Kier alpha value is -0.610. The van der Waals surface area contributed by atoms with E-state index in [1.165, 1.54) is 20.0 Å². The Morgan fingerprint density at radius 3 is 2.61 bits per heavy atom. The van der Waals surface area contributed by atoms with Gasteiger partial charge in [-0.1, -0.05) is 0 Å². The van der Waals surface area contributed by atoms with Crippen molar-refractivity contribution in [2.75, 3.05) is 21.2 Å². The van der Waals surface area contributed by atoms with Gasteiger partial charge in [-0.15, -0.1) is 0 Å². The zero-order valence-electron chi connectivity index (χ0n) is 12.0. The van der Waals surface area contributed by atoms with Crippen molar-refractivity contribution in [3.05, 3.63) is 0 Å². The summed E-state index contributed by atoms with van der Waals surface area (Å²) >= 11 is 0. The minimum Gasteiger partial charge on any atom is -0.468 e. The molecule has 0 aromatic carbocycles. The van der Waals surface area contributed by atoms with Crippen LogP contribution in [-0.4, -0.2) is 49.7 Å². The van der Waals surface area contributed by atoms with E-state index in [1.54, 1.807) is 0 Å². The molecular weight excluding hydrogens is 228 g/mol. The zero-order valence-corrected chi connectivity index (χ0v) is 12.0. The van der Waals surface area contributed by atoms with Crippen molar-refractivity contribution < 1.29 is 9.53 Å². The summed E-state index contributed by atoms with van der Waals surface area (Å²) in [6.45, 7) is 2.31. The molecule has 0 saturated heterocycles. The van der Waals surface area contributed by atoms with Gasteiger partial charge in [-0.3, -0.25) is 4.79 Å². The molecule has 0 heterocycles. The van der Waals surface area contributed by atoms with Gasteiger partial charge in [-0.2, -0.15) is 0 Å². The van der Waals surface area contributed by atoms with Crippen LogP contribution in [0.2, 0.25) is 0 Å². The van der Waals surface area contributed by atoms with E-state index in [0.29, 0.717) is 12.1 Å². The molecule has 0 aromatic heterocycles. The maximum absolute atomic E-state index is 11.9. The SMILES string of the molecule is CNC1(C(=O)OC)CCC(N(C)C(C)C2CC2)C1. The molecule has 104 valence electrons. The Bertz CT molecular complexity index is 317. The second-order valence-electron chi connectivity index (χ2n) is 5.96. The van der Waals surface area contributed by atoms with Crippen molar-refractivity contribution in [3.63, 3.8) is 0 Å². The maximum atomic E-state index is 11.9. The van der Waals surface area contributed by atoms with Crippen LogP contribution in [0.3, 0.4) is 0 Å². The Kier molecular flexibility index (Phi) is 3.97. The van der Waals surface area contributed by atoms with E-state index in [2.05, 4.69) is 24.2 Å². The highest BCUT2D eigenvalue weighted by atomic mass is 16.5. The molecule has 0 aromatic rings. The summed E-state index contributed by atoms with van der Waals surface area (Å²) in [7, 11) is 5.55. The van der Waals surface area contributed by atoms with Crippen LogP contribution >= 0.6 is 0 Å². The number of hydrogen-bond donors (Lipinski definition) is 1. The molecule has 2 aliphatic carbocycles. The summed E-state index contributed by atoms with van der Waals surface area (Å²) in [6, 6.07) is 1.13. The molecule has 1 N–H and O–H groups in total. The van der Waals surface area contributed by atoms with E-state index in [-0.39, 0.29) is 5.97 Å². The van der Waals surface area contributed by atoms with E-state index < -0.39 is 5.54 Å². The molecule has 2 aliphatic rings. The monoisotopic (exact) mass is 254 g/mol. The van der Waals surface area contributed by atoms with E-state index in [0.717, 1.165) is 25.2 Å². The topological polar surface area (TPSA) is 41.6 Å². The van der Waals surface area contributed by atoms with Crippen LogP contribution in [0.15, 0.2) is 0 Å². The summed E-state index contributed by atoms with van der Waals surface area (Å²) in [6.07, 6.45) is 5.55. The number of methoxy groups -OCH3 is 1. The van der Waals surface area contributed by atoms with Gasteiger partial charge in [0.25, 0.3) is 0 Å². The minimum absolute atomic E-state index is 0.111. The minimum atomic E-state index is -0.461. The van der Waals surface area contributed by atoms with E-state index in [4.69, 9.17) is 4.74 Å². The van der Waals surface area contributed by atoms with Crippen LogP contribution < -0.4 is 5.32 Å². The van der Waals surface area contributed by atoms with Crippen molar-refractivity contribution in [1.29, 1.82) is 0 Å². The van der Waals surface area contributed by atoms with Crippen LogP contribution in [0, 0.1) is 5.92 Å². The van der Waals surface area contributed by atoms with Crippen LogP contribution in [-0.2, 0) is 9.53 Å². The third-order valence-electron chi connectivity index (χ3n) is 5.07. The number of carbonyl (C=O) groups excluding carboxylic acids is 1. The first kappa shape index (κ1) is 13.8. The second-order valence-corrected chi connectivity index (χ2v) is 5.96. The van der Waals surface area contributed by atoms with Crippen LogP contribution in [0.4, 0.5) is 0 Å². The number of nitrogens with one attached hydrogen (secondary N) is 1. The molecule has 4 heteroatoms. The smallest absolute Gasteiger partial charge is 0.326 e. The number of likely N-dealkylation sites (N-methyl/N-ethyl adjacent to an activating group) is 1. The fraction of sp³-hybridized carbons (Fsp3) is 0.929. The molecule has 4 nitrogen and oxygen atoms in total. The molecule has 3 atom stereocenters. The number of hydrogen-bond acceptors (Lipinski definition) is 4. The number of nitrogens with zero attached hydrogens (tertiary/aromatic N) is 1. The van der Waals surface area contributed by atoms with Gasteiger partial charge in [0.15, 0.2) is 0 Å². The number of rotatable bonds is 5. The highest BCUT2D eigenvalue weighted by molar-refractivity contribution is 5.81. The zero-order chi connectivity index (χ0) is 13.3.